The fraction of sp³-hybridized carbons (Fsp3) is 0.407. The van der Waals surface area contributed by atoms with Crippen molar-refractivity contribution in [3.63, 3.8) is 0 Å². The highest BCUT2D eigenvalue weighted by Gasteiger charge is 2.30. The summed E-state index contributed by atoms with van der Waals surface area (Å²) >= 11 is 7.54. The molecule has 1 saturated heterocycles. The molecule has 2 aliphatic rings. The molecule has 7 heteroatoms. The summed E-state index contributed by atoms with van der Waals surface area (Å²) in [6, 6.07) is 15.1. The van der Waals surface area contributed by atoms with Crippen LogP contribution in [0.5, 0.6) is 0 Å². The zero-order chi connectivity index (χ0) is 24.1. The number of likely N-dealkylation sites (tertiary alicyclic amines) is 1. The summed E-state index contributed by atoms with van der Waals surface area (Å²) in [5.74, 6) is 1.15. The standard InChI is InChI=1S/C27H32ClN3O2S/c1-19-13-20(2)17-30(16-19)12-6-11-29-26(32)18-31-23-9-3-4-10-24(23)34-25(27(31)33)15-21-7-5-8-22(28)14-21/h3-5,7-10,14-15,19-20H,6,11-13,16-18H2,1-2H3,(H,29,32)/b25-15+/t19-,20+. The molecule has 0 saturated carbocycles. The molecular formula is C27H32ClN3O2S. The van der Waals surface area contributed by atoms with Crippen LogP contribution in [-0.4, -0.2) is 49.4 Å². The van der Waals surface area contributed by atoms with Gasteiger partial charge < -0.3 is 10.2 Å². The fourth-order valence-corrected chi connectivity index (χ4v) is 6.13. The van der Waals surface area contributed by atoms with Crippen LogP contribution in [0.3, 0.4) is 0 Å². The Morgan fingerprint density at radius 3 is 2.68 bits per heavy atom. The van der Waals surface area contributed by atoms with Crippen molar-refractivity contribution in [1.82, 2.24) is 10.2 Å². The van der Waals surface area contributed by atoms with Crippen LogP contribution in [0.15, 0.2) is 58.3 Å². The highest BCUT2D eigenvalue weighted by molar-refractivity contribution is 8.04. The van der Waals surface area contributed by atoms with Crippen molar-refractivity contribution in [2.75, 3.05) is 37.6 Å². The molecule has 0 spiro atoms. The lowest BCUT2D eigenvalue weighted by Gasteiger charge is -2.35. The summed E-state index contributed by atoms with van der Waals surface area (Å²) in [7, 11) is 0. The van der Waals surface area contributed by atoms with Crippen LogP contribution in [0.2, 0.25) is 5.02 Å². The Kier molecular flexibility index (Phi) is 8.35. The molecule has 34 heavy (non-hydrogen) atoms. The number of fused-ring (bicyclic) bond motifs is 1. The van der Waals surface area contributed by atoms with E-state index in [1.807, 2.05) is 48.5 Å². The molecule has 2 aromatic rings. The highest BCUT2D eigenvalue weighted by atomic mass is 35.5. The first kappa shape index (κ1) is 24.8. The molecule has 0 bridgehead atoms. The minimum absolute atomic E-state index is 0.00107. The monoisotopic (exact) mass is 497 g/mol. The van der Waals surface area contributed by atoms with Crippen molar-refractivity contribution in [2.24, 2.45) is 11.8 Å². The zero-order valence-corrected chi connectivity index (χ0v) is 21.4. The number of nitrogens with zero attached hydrogens (tertiary/aromatic N) is 2. The SMILES string of the molecule is C[C@@H]1C[C@H](C)CN(CCCNC(=O)CN2C(=O)/C(=C\c3cccc(Cl)c3)Sc3ccccc32)C1. The van der Waals surface area contributed by atoms with E-state index in [4.69, 9.17) is 11.6 Å². The zero-order valence-electron chi connectivity index (χ0n) is 19.8. The van der Waals surface area contributed by atoms with E-state index in [0.29, 0.717) is 16.5 Å². The molecule has 0 aromatic heterocycles. The van der Waals surface area contributed by atoms with Crippen molar-refractivity contribution in [3.05, 3.63) is 64.0 Å². The third kappa shape index (κ3) is 6.44. The van der Waals surface area contributed by atoms with Crippen molar-refractivity contribution in [3.8, 4) is 0 Å². The Labute approximate surface area is 211 Å². The smallest absolute Gasteiger partial charge is 0.265 e. The number of para-hydroxylation sites is 1. The molecule has 2 atom stereocenters. The number of halogens is 1. The van der Waals surface area contributed by atoms with Gasteiger partial charge in [0, 0.05) is 29.6 Å². The van der Waals surface area contributed by atoms with E-state index in [1.54, 1.807) is 11.0 Å². The van der Waals surface area contributed by atoms with Crippen LogP contribution in [0.25, 0.3) is 6.08 Å². The topological polar surface area (TPSA) is 52.7 Å². The van der Waals surface area contributed by atoms with Gasteiger partial charge in [-0.3, -0.25) is 14.5 Å². The number of hydrogen-bond donors (Lipinski definition) is 1. The van der Waals surface area contributed by atoms with Crippen LogP contribution in [0.1, 0.15) is 32.3 Å². The Morgan fingerprint density at radius 2 is 1.91 bits per heavy atom. The number of nitrogens with one attached hydrogen (secondary N) is 1. The van der Waals surface area contributed by atoms with Crippen LogP contribution >= 0.6 is 23.4 Å². The summed E-state index contributed by atoms with van der Waals surface area (Å²) in [5, 5.41) is 3.63. The van der Waals surface area contributed by atoms with E-state index in [1.165, 1.54) is 18.2 Å². The van der Waals surface area contributed by atoms with E-state index >= 15 is 0 Å². The van der Waals surface area contributed by atoms with Gasteiger partial charge in [0.05, 0.1) is 10.6 Å². The first-order chi connectivity index (χ1) is 16.4. The Bertz CT molecular complexity index is 1060. The fourth-order valence-electron chi connectivity index (χ4n) is 4.87. The lowest BCUT2D eigenvalue weighted by Crippen LogP contribution is -2.43. The number of carbonyl (C=O) groups excluding carboxylic acids is 2. The number of hydrogen-bond acceptors (Lipinski definition) is 4. The van der Waals surface area contributed by atoms with E-state index in [-0.39, 0.29) is 18.4 Å². The van der Waals surface area contributed by atoms with Gasteiger partial charge in [-0.2, -0.15) is 0 Å². The third-order valence-electron chi connectivity index (χ3n) is 6.20. The molecule has 0 unspecified atom stereocenters. The van der Waals surface area contributed by atoms with Gasteiger partial charge in [-0.15, -0.1) is 0 Å². The van der Waals surface area contributed by atoms with Gasteiger partial charge in [0.15, 0.2) is 0 Å². The molecule has 2 heterocycles. The Hall–Kier alpha value is -2.28. The molecular weight excluding hydrogens is 466 g/mol. The second-order valence-corrected chi connectivity index (χ2v) is 11.0. The molecule has 5 nitrogen and oxygen atoms in total. The number of rotatable bonds is 7. The summed E-state index contributed by atoms with van der Waals surface area (Å²) in [6.07, 6.45) is 4.04. The van der Waals surface area contributed by atoms with Gasteiger partial charge in [0.2, 0.25) is 5.91 Å². The van der Waals surface area contributed by atoms with Crippen LogP contribution in [0, 0.1) is 11.8 Å². The molecule has 2 amide bonds. The Morgan fingerprint density at radius 1 is 1.15 bits per heavy atom. The molecule has 0 aliphatic carbocycles. The van der Waals surface area contributed by atoms with Gasteiger partial charge >= 0.3 is 0 Å². The minimum Gasteiger partial charge on any atom is -0.355 e. The van der Waals surface area contributed by atoms with Gasteiger partial charge in [-0.25, -0.2) is 0 Å². The summed E-state index contributed by atoms with van der Waals surface area (Å²) in [4.78, 5) is 31.7. The largest absolute Gasteiger partial charge is 0.355 e. The van der Waals surface area contributed by atoms with E-state index in [0.717, 1.165) is 54.0 Å². The Balaban J connectivity index is 1.38. The number of amides is 2. The molecule has 180 valence electrons. The number of benzene rings is 2. The number of thioether (sulfide) groups is 1. The van der Waals surface area contributed by atoms with Crippen LogP contribution < -0.4 is 10.2 Å². The predicted molar refractivity (Wildman–Crippen MR) is 141 cm³/mol. The van der Waals surface area contributed by atoms with Crippen molar-refractivity contribution < 1.29 is 9.59 Å². The van der Waals surface area contributed by atoms with Crippen molar-refractivity contribution in [2.45, 2.75) is 31.6 Å². The molecule has 2 aliphatic heterocycles. The maximum Gasteiger partial charge on any atom is 0.265 e. The van der Waals surface area contributed by atoms with Gasteiger partial charge in [-0.05, 0) is 67.1 Å². The van der Waals surface area contributed by atoms with Gasteiger partial charge in [0.1, 0.15) is 6.54 Å². The quantitative estimate of drug-likeness (QED) is 0.416. The van der Waals surface area contributed by atoms with Crippen molar-refractivity contribution >= 4 is 46.9 Å². The van der Waals surface area contributed by atoms with E-state index in [9.17, 15) is 9.59 Å². The van der Waals surface area contributed by atoms with E-state index in [2.05, 4.69) is 24.1 Å². The van der Waals surface area contributed by atoms with Gasteiger partial charge in [-0.1, -0.05) is 61.5 Å². The number of piperidine rings is 1. The second kappa shape index (κ2) is 11.4. The van der Waals surface area contributed by atoms with Gasteiger partial charge in [0.25, 0.3) is 5.91 Å². The predicted octanol–water partition coefficient (Wildman–Crippen LogP) is 5.30. The number of carbonyl (C=O) groups is 2. The van der Waals surface area contributed by atoms with Crippen LogP contribution in [0.4, 0.5) is 5.69 Å². The lowest BCUT2D eigenvalue weighted by molar-refractivity contribution is -0.122. The normalized spacial score (nSPS) is 22.0. The summed E-state index contributed by atoms with van der Waals surface area (Å²) < 4.78 is 0. The first-order valence-corrected chi connectivity index (χ1v) is 13.1. The maximum absolute atomic E-state index is 13.3. The first-order valence-electron chi connectivity index (χ1n) is 11.9. The number of anilines is 1. The highest BCUT2D eigenvalue weighted by Crippen LogP contribution is 2.42. The molecule has 0 radical (unpaired) electrons. The molecule has 1 N–H and O–H groups in total. The minimum atomic E-state index is -0.171. The molecule has 4 rings (SSSR count). The van der Waals surface area contributed by atoms with Crippen LogP contribution in [-0.2, 0) is 9.59 Å². The molecule has 2 aromatic carbocycles. The molecule has 1 fully saturated rings. The van der Waals surface area contributed by atoms with Crippen molar-refractivity contribution in [1.29, 1.82) is 0 Å². The maximum atomic E-state index is 13.3. The average molecular weight is 498 g/mol. The van der Waals surface area contributed by atoms with E-state index < -0.39 is 0 Å². The lowest BCUT2D eigenvalue weighted by atomic mass is 9.92. The summed E-state index contributed by atoms with van der Waals surface area (Å²) in [5.41, 5.74) is 1.63. The second-order valence-electron chi connectivity index (χ2n) is 9.43. The third-order valence-corrected chi connectivity index (χ3v) is 7.51. The summed E-state index contributed by atoms with van der Waals surface area (Å²) in [6.45, 7) is 8.50. The average Bonchev–Trinajstić information content (AvgIpc) is 2.79.